The van der Waals surface area contributed by atoms with Crippen molar-refractivity contribution in [1.29, 1.82) is 0 Å². The van der Waals surface area contributed by atoms with Gasteiger partial charge >= 0.3 is 0 Å². The highest BCUT2D eigenvalue weighted by atomic mass is 19.1. The third kappa shape index (κ3) is 2.83. The third-order valence-electron chi connectivity index (χ3n) is 4.46. The van der Waals surface area contributed by atoms with Gasteiger partial charge in [0.05, 0.1) is 11.9 Å². The Morgan fingerprint density at radius 1 is 1.04 bits per heavy atom. The van der Waals surface area contributed by atoms with E-state index < -0.39 is 0 Å². The molecule has 0 unspecified atom stereocenters. The van der Waals surface area contributed by atoms with Gasteiger partial charge < -0.3 is 14.8 Å². The second kappa shape index (κ2) is 6.28. The van der Waals surface area contributed by atoms with Gasteiger partial charge in [-0.2, -0.15) is 0 Å². The smallest absolute Gasteiger partial charge is 0.231 e. The Bertz CT molecular complexity index is 1120. The first-order valence-electron chi connectivity index (χ1n) is 8.48. The molecular formula is C20H15FN4O2. The SMILES string of the molecule is Fc1ccc(-c2cnc3c(NCc4ccc5c(c4)OCO5)nccn23)cc1. The number of hydrogen-bond acceptors (Lipinski definition) is 5. The lowest BCUT2D eigenvalue weighted by Crippen LogP contribution is -2.04. The third-order valence-corrected chi connectivity index (χ3v) is 4.46. The highest BCUT2D eigenvalue weighted by molar-refractivity contribution is 5.70. The number of nitrogens with one attached hydrogen (secondary N) is 1. The first-order valence-corrected chi connectivity index (χ1v) is 8.48. The molecule has 1 N–H and O–H groups in total. The highest BCUT2D eigenvalue weighted by Crippen LogP contribution is 2.32. The van der Waals surface area contributed by atoms with E-state index in [0.717, 1.165) is 28.3 Å². The van der Waals surface area contributed by atoms with Gasteiger partial charge in [0.25, 0.3) is 0 Å². The lowest BCUT2D eigenvalue weighted by molar-refractivity contribution is 0.174. The Morgan fingerprint density at radius 2 is 1.89 bits per heavy atom. The van der Waals surface area contributed by atoms with Crippen LogP contribution in [-0.4, -0.2) is 21.2 Å². The molecule has 0 atom stereocenters. The number of anilines is 1. The van der Waals surface area contributed by atoms with Crippen LogP contribution >= 0.6 is 0 Å². The summed E-state index contributed by atoms with van der Waals surface area (Å²) in [5.74, 6) is 1.92. The fourth-order valence-corrected chi connectivity index (χ4v) is 3.11. The van der Waals surface area contributed by atoms with Crippen molar-refractivity contribution in [1.82, 2.24) is 14.4 Å². The summed E-state index contributed by atoms with van der Waals surface area (Å²) in [4.78, 5) is 8.89. The second-order valence-electron chi connectivity index (χ2n) is 6.16. The molecule has 1 aliphatic heterocycles. The first-order chi connectivity index (χ1) is 13.3. The molecule has 134 valence electrons. The monoisotopic (exact) mass is 362 g/mol. The Balaban J connectivity index is 1.43. The molecular weight excluding hydrogens is 347 g/mol. The molecule has 1 aliphatic rings. The molecule has 0 saturated carbocycles. The molecule has 0 radical (unpaired) electrons. The molecule has 0 aliphatic carbocycles. The van der Waals surface area contributed by atoms with Crippen LogP contribution < -0.4 is 14.8 Å². The van der Waals surface area contributed by atoms with Crippen molar-refractivity contribution in [3.8, 4) is 22.8 Å². The largest absolute Gasteiger partial charge is 0.454 e. The fraction of sp³-hybridized carbons (Fsp3) is 0.100. The lowest BCUT2D eigenvalue weighted by atomic mass is 10.2. The van der Waals surface area contributed by atoms with Gasteiger partial charge in [-0.15, -0.1) is 0 Å². The van der Waals surface area contributed by atoms with Crippen molar-refractivity contribution in [3.63, 3.8) is 0 Å². The van der Waals surface area contributed by atoms with Crippen LogP contribution in [0.4, 0.5) is 10.2 Å². The first kappa shape index (κ1) is 15.6. The number of benzene rings is 2. The van der Waals surface area contributed by atoms with Crippen molar-refractivity contribution in [3.05, 3.63) is 72.4 Å². The van der Waals surface area contributed by atoms with Crippen molar-refractivity contribution < 1.29 is 13.9 Å². The van der Waals surface area contributed by atoms with Crippen LogP contribution in [0.3, 0.4) is 0 Å². The van der Waals surface area contributed by atoms with Gasteiger partial charge in [0.1, 0.15) is 5.82 Å². The molecule has 0 bridgehead atoms. The van der Waals surface area contributed by atoms with Crippen LogP contribution in [-0.2, 0) is 6.54 Å². The van der Waals surface area contributed by atoms with Crippen molar-refractivity contribution in [2.75, 3.05) is 12.1 Å². The Morgan fingerprint density at radius 3 is 2.78 bits per heavy atom. The molecule has 0 saturated heterocycles. The Kier molecular flexibility index (Phi) is 3.64. The fourth-order valence-electron chi connectivity index (χ4n) is 3.11. The molecule has 0 fully saturated rings. The molecule has 4 aromatic rings. The van der Waals surface area contributed by atoms with Gasteiger partial charge in [0.15, 0.2) is 23.0 Å². The van der Waals surface area contributed by atoms with Crippen LogP contribution in [0.1, 0.15) is 5.56 Å². The minimum absolute atomic E-state index is 0.257. The predicted octanol–water partition coefficient (Wildman–Crippen LogP) is 3.88. The molecule has 0 spiro atoms. The summed E-state index contributed by atoms with van der Waals surface area (Å²) in [7, 11) is 0. The number of fused-ring (bicyclic) bond motifs is 2. The average molecular weight is 362 g/mol. The number of nitrogens with zero attached hydrogens (tertiary/aromatic N) is 3. The molecule has 6 nitrogen and oxygen atoms in total. The van der Waals surface area contributed by atoms with E-state index in [1.54, 1.807) is 24.5 Å². The van der Waals surface area contributed by atoms with Crippen LogP contribution in [0, 0.1) is 5.82 Å². The van der Waals surface area contributed by atoms with E-state index in [1.165, 1.54) is 12.1 Å². The topological polar surface area (TPSA) is 60.7 Å². The zero-order valence-corrected chi connectivity index (χ0v) is 14.2. The summed E-state index contributed by atoms with van der Waals surface area (Å²) in [5, 5.41) is 3.32. The van der Waals surface area contributed by atoms with E-state index in [-0.39, 0.29) is 12.6 Å². The van der Waals surface area contributed by atoms with Crippen LogP contribution in [0.5, 0.6) is 11.5 Å². The quantitative estimate of drug-likeness (QED) is 0.597. The maximum atomic E-state index is 13.2. The average Bonchev–Trinajstić information content (AvgIpc) is 3.33. The summed E-state index contributed by atoms with van der Waals surface area (Å²) >= 11 is 0. The predicted molar refractivity (Wildman–Crippen MR) is 98.3 cm³/mol. The molecule has 2 aromatic heterocycles. The molecule has 27 heavy (non-hydrogen) atoms. The minimum atomic E-state index is -0.264. The van der Waals surface area contributed by atoms with Crippen LogP contribution in [0.15, 0.2) is 61.1 Å². The lowest BCUT2D eigenvalue weighted by Gasteiger charge is -2.08. The van der Waals surface area contributed by atoms with E-state index in [2.05, 4.69) is 15.3 Å². The number of rotatable bonds is 4. The van der Waals surface area contributed by atoms with Gasteiger partial charge in [0, 0.05) is 24.5 Å². The molecule has 2 aromatic carbocycles. The number of halogens is 1. The zero-order chi connectivity index (χ0) is 18.2. The zero-order valence-electron chi connectivity index (χ0n) is 14.2. The van der Waals surface area contributed by atoms with Crippen LogP contribution in [0.25, 0.3) is 16.9 Å². The van der Waals surface area contributed by atoms with Gasteiger partial charge in [0.2, 0.25) is 6.79 Å². The summed E-state index contributed by atoms with van der Waals surface area (Å²) < 4.78 is 25.9. The summed E-state index contributed by atoms with van der Waals surface area (Å²) in [6, 6.07) is 12.2. The van der Waals surface area contributed by atoms with Crippen molar-refractivity contribution in [2.45, 2.75) is 6.54 Å². The maximum Gasteiger partial charge on any atom is 0.231 e. The van der Waals surface area contributed by atoms with E-state index in [0.29, 0.717) is 18.0 Å². The maximum absolute atomic E-state index is 13.2. The number of imidazole rings is 1. The standard InChI is InChI=1S/C20H15FN4O2/c21-15-4-2-14(3-5-15)16-11-24-20-19(22-7-8-25(16)20)23-10-13-1-6-17-18(9-13)27-12-26-17/h1-9,11H,10,12H2,(H,22,23). The molecule has 0 amide bonds. The van der Waals surface area contributed by atoms with E-state index in [1.807, 2.05) is 28.8 Å². The van der Waals surface area contributed by atoms with E-state index in [9.17, 15) is 4.39 Å². The summed E-state index contributed by atoms with van der Waals surface area (Å²) in [6.45, 7) is 0.829. The van der Waals surface area contributed by atoms with Crippen molar-refractivity contribution in [2.24, 2.45) is 0 Å². The number of hydrogen-bond donors (Lipinski definition) is 1. The van der Waals surface area contributed by atoms with Gasteiger partial charge in [-0.1, -0.05) is 6.07 Å². The van der Waals surface area contributed by atoms with Gasteiger partial charge in [-0.05, 0) is 42.0 Å². The Hall–Kier alpha value is -3.61. The summed E-state index contributed by atoms with van der Waals surface area (Å²) in [6.07, 6.45) is 5.31. The highest BCUT2D eigenvalue weighted by Gasteiger charge is 2.14. The van der Waals surface area contributed by atoms with Crippen molar-refractivity contribution >= 4 is 11.5 Å². The second-order valence-corrected chi connectivity index (χ2v) is 6.16. The van der Waals surface area contributed by atoms with Gasteiger partial charge in [-0.3, -0.25) is 4.40 Å². The summed E-state index contributed by atoms with van der Waals surface area (Å²) in [5.41, 5.74) is 3.52. The van der Waals surface area contributed by atoms with E-state index >= 15 is 0 Å². The van der Waals surface area contributed by atoms with Crippen LogP contribution in [0.2, 0.25) is 0 Å². The Labute approximate surface area is 154 Å². The normalized spacial score (nSPS) is 12.5. The van der Waals surface area contributed by atoms with Gasteiger partial charge in [-0.25, -0.2) is 14.4 Å². The molecule has 5 rings (SSSR count). The molecule has 7 heteroatoms. The number of aromatic nitrogens is 3. The minimum Gasteiger partial charge on any atom is -0.454 e. The number of ether oxygens (including phenoxy) is 2. The van der Waals surface area contributed by atoms with E-state index in [4.69, 9.17) is 9.47 Å². The molecule has 3 heterocycles.